The van der Waals surface area contributed by atoms with E-state index in [9.17, 15) is 19.8 Å². The van der Waals surface area contributed by atoms with Crippen molar-refractivity contribution in [2.45, 2.75) is 88.3 Å². The molecule has 0 spiro atoms. The van der Waals surface area contributed by atoms with E-state index in [0.717, 1.165) is 84.5 Å². The number of aromatic hydroxyl groups is 2. The van der Waals surface area contributed by atoms with Crippen molar-refractivity contribution in [3.8, 4) is 23.3 Å². The predicted molar refractivity (Wildman–Crippen MR) is 328 cm³/mol. The summed E-state index contributed by atoms with van der Waals surface area (Å²) in [5.74, 6) is -1.55. The summed E-state index contributed by atoms with van der Waals surface area (Å²) in [5.41, 5.74) is 12.0. The van der Waals surface area contributed by atoms with Crippen LogP contribution in [-0.4, -0.2) is 125 Å². The zero-order chi connectivity index (χ0) is 61.7. The van der Waals surface area contributed by atoms with Crippen LogP contribution in [0.2, 0.25) is 0 Å². The Bertz CT molecular complexity index is 4460. The van der Waals surface area contributed by atoms with E-state index < -0.39 is 83.8 Å². The van der Waals surface area contributed by atoms with Gasteiger partial charge in [0.05, 0.1) is 39.7 Å². The molecule has 2 aromatic carbocycles. The Morgan fingerprint density at radius 1 is 0.567 bits per heavy atom. The van der Waals surface area contributed by atoms with Crippen LogP contribution in [0.5, 0.6) is 23.3 Å². The van der Waals surface area contributed by atoms with Gasteiger partial charge in [-0.15, -0.1) is 0 Å². The van der Waals surface area contributed by atoms with Crippen LogP contribution in [0.15, 0.2) is 219 Å². The van der Waals surface area contributed by atoms with Crippen molar-refractivity contribution in [2.24, 2.45) is 17.0 Å². The first-order chi connectivity index (χ1) is 43.4. The van der Waals surface area contributed by atoms with Crippen molar-refractivity contribution in [2.75, 3.05) is 20.3 Å². The standard InChI is InChI=1S/C68H60N10O12/c1-67(2)87-59-51(85-63(61(59)89-67)77-33-27-53(79)73-65(77)81)35-83-41-11-7-37(8-12-41)55-43-15-16-44(69-43)56(38-9-13-42(14-10-38)84-36-52-60-62(90-68(3,4)88-60)64(86-52)78-34-28-54(80)74-66(78)82)46-18-20-48(71-46)58(40-25-31-76(6)32-26-40)50-22-21-49(72-50)57(47-19-17-45(55)70-47)39-23-29-75(5)30-24-39/h7-34,51-52,59-64H,35-36H2,1-6H3,(H2-,69,70,71,72,73,74,79,80,81,82)/p+2/t51-,52-,59-,60-,61-,62-,63-,64-/m1/s1. The van der Waals surface area contributed by atoms with Crippen LogP contribution in [0, 0.1) is 0 Å². The van der Waals surface area contributed by atoms with E-state index in [1.54, 1.807) is 0 Å². The molecular formula is C68H62N10O12+2. The second-order valence-electron chi connectivity index (χ2n) is 23.9. The molecule has 4 fully saturated rings. The lowest BCUT2D eigenvalue weighted by Crippen LogP contribution is -2.68. The highest BCUT2D eigenvalue weighted by atomic mass is 16.8. The molecule has 4 N–H and O–H groups in total. The van der Waals surface area contributed by atoms with Gasteiger partial charge in [0.25, 0.3) is 0 Å². The van der Waals surface area contributed by atoms with Gasteiger partial charge < -0.3 is 58.0 Å². The molecule has 8 bridgehead atoms. The number of aliphatic imine (C=N–C) groups is 2. The third kappa shape index (κ3) is 10.5. The lowest BCUT2D eigenvalue weighted by atomic mass is 9.97. The van der Waals surface area contributed by atoms with Gasteiger partial charge in [-0.2, -0.15) is 9.97 Å². The molecule has 22 heteroatoms. The van der Waals surface area contributed by atoms with E-state index in [-0.39, 0.29) is 13.2 Å². The first-order valence-corrected chi connectivity index (χ1v) is 29.6. The second-order valence-corrected chi connectivity index (χ2v) is 23.9. The normalized spacial score (nSPS) is 25.8. The third-order valence-electron chi connectivity index (χ3n) is 16.8. The van der Waals surface area contributed by atoms with Crippen LogP contribution in [0.1, 0.15) is 68.2 Å². The highest BCUT2D eigenvalue weighted by Crippen LogP contribution is 2.45. The molecule has 15 rings (SSSR count). The number of rotatable bonds is 11. The molecule has 6 aromatic rings. The van der Waals surface area contributed by atoms with Gasteiger partial charge in [-0.05, 0) is 123 Å². The Kier molecular flexibility index (Phi) is 13.8. The maximum absolute atomic E-state index is 12.9. The molecular weight excluding hydrogens is 1150 g/mol. The van der Waals surface area contributed by atoms with Crippen LogP contribution in [0.3, 0.4) is 0 Å². The molecule has 4 aromatic heterocycles. The molecule has 8 atom stereocenters. The predicted octanol–water partition coefficient (Wildman–Crippen LogP) is 5.68. The third-order valence-corrected chi connectivity index (χ3v) is 16.8. The monoisotopic (exact) mass is 1210 g/mol. The van der Waals surface area contributed by atoms with Crippen molar-refractivity contribution in [3.05, 3.63) is 248 Å². The fourth-order valence-electron chi connectivity index (χ4n) is 12.8. The van der Waals surface area contributed by atoms with Crippen molar-refractivity contribution >= 4 is 33.9 Å². The van der Waals surface area contributed by atoms with Gasteiger partial charge in [0.1, 0.15) is 68.4 Å². The smallest absolute Gasteiger partial charge is 0.353 e. The van der Waals surface area contributed by atoms with E-state index in [0.29, 0.717) is 17.2 Å². The molecule has 0 saturated carbocycles. The molecule has 0 radical (unpaired) electrons. The fraction of sp³-hybridized carbons (Fsp3) is 0.265. The number of aromatic amines is 1. The average Bonchev–Trinajstić information content (AvgIpc) is 1.65. The lowest BCUT2D eigenvalue weighted by molar-refractivity contribution is -0.671. The maximum atomic E-state index is 12.9. The topological polar surface area (TPSA) is 246 Å². The summed E-state index contributed by atoms with van der Waals surface area (Å²) in [6.07, 6.45) is 22.1. The van der Waals surface area contributed by atoms with Gasteiger partial charge in [-0.1, -0.05) is 24.3 Å². The average molecular weight is 1210 g/mol. The van der Waals surface area contributed by atoms with E-state index in [4.69, 9.17) is 47.9 Å². The summed E-state index contributed by atoms with van der Waals surface area (Å²) in [7, 11) is 3.99. The highest BCUT2D eigenvalue weighted by molar-refractivity contribution is 6.35. The number of benzene rings is 2. The van der Waals surface area contributed by atoms with E-state index in [2.05, 4.69) is 80.7 Å². The largest absolute Gasteiger partial charge is 0.493 e. The van der Waals surface area contributed by atoms with Gasteiger partial charge in [0.2, 0.25) is 23.2 Å². The first kappa shape index (κ1) is 56.6. The molecule has 454 valence electrons. The van der Waals surface area contributed by atoms with Gasteiger partial charge in [0, 0.05) is 85.1 Å². The number of nitrogens with one attached hydrogen (secondary N) is 2. The minimum Gasteiger partial charge on any atom is -0.493 e. The SMILES string of the molecule is CN1C=CC(=C2C3=NC(=C(c4ccc(OC[C@H]5O[C@@H](n6ccc(O)nc6=O)[C@@H]6OC(C)(C)O[C@@H]65)cc4)C4=[NH+]C(=C(c5ccc(OC[C@H]6O[C@@H](n7ccc(O)nc7=O)[C@@H]7OC(C)(C)O[C@@H]76)cc5)c5ccc([nH]5)C(c5cc[n+](C)cc5)=C5C=CC2=N5)C=C4)C=C3)C=C1. The molecule has 13 heterocycles. The van der Waals surface area contributed by atoms with Crippen molar-refractivity contribution in [1.29, 1.82) is 0 Å². The molecule has 4 saturated heterocycles. The molecule has 9 aliphatic rings. The van der Waals surface area contributed by atoms with Crippen molar-refractivity contribution in [1.82, 2.24) is 29.0 Å². The first-order valence-electron chi connectivity index (χ1n) is 29.6. The summed E-state index contributed by atoms with van der Waals surface area (Å²) in [4.78, 5) is 53.9. The molecule has 90 heavy (non-hydrogen) atoms. The second kappa shape index (κ2) is 22.0. The summed E-state index contributed by atoms with van der Waals surface area (Å²) in [5, 5.41) is 19.8. The van der Waals surface area contributed by atoms with Gasteiger partial charge >= 0.3 is 11.4 Å². The van der Waals surface area contributed by atoms with E-state index in [1.165, 1.54) is 33.7 Å². The molecule has 9 aliphatic heterocycles. The molecule has 0 amide bonds. The summed E-state index contributed by atoms with van der Waals surface area (Å²) < 4.78 is 55.5. The Labute approximate surface area is 515 Å². The Hall–Kier alpha value is -9.94. The number of allylic oxidation sites excluding steroid dienone is 11. The Balaban J connectivity index is 0.798. The molecule has 22 nitrogen and oxygen atoms in total. The van der Waals surface area contributed by atoms with Crippen LogP contribution < -0.4 is 30.4 Å². The number of nitrogens with zero attached hydrogens (tertiary/aromatic N) is 8. The minimum atomic E-state index is -0.950. The number of ether oxygens (including phenoxy) is 8. The number of H-pyrrole nitrogens is 1. The van der Waals surface area contributed by atoms with Gasteiger partial charge in [-0.3, -0.25) is 9.13 Å². The minimum absolute atomic E-state index is 0.0763. The van der Waals surface area contributed by atoms with Crippen molar-refractivity contribution in [3.63, 3.8) is 0 Å². The van der Waals surface area contributed by atoms with Crippen LogP contribution in [0.25, 0.3) is 16.7 Å². The zero-order valence-corrected chi connectivity index (χ0v) is 49.8. The number of fused-ring (bicyclic) bond motifs is 7. The summed E-state index contributed by atoms with van der Waals surface area (Å²) in [6.45, 7) is 7.40. The van der Waals surface area contributed by atoms with Gasteiger partial charge in [0.15, 0.2) is 36.4 Å². The number of pyridine rings is 1. The molecule has 0 aliphatic carbocycles. The number of aryl methyl sites for hydroxylation is 1. The lowest BCUT2D eigenvalue weighted by Gasteiger charge is -2.24. The maximum Gasteiger partial charge on any atom is 0.353 e. The summed E-state index contributed by atoms with van der Waals surface area (Å²) in [6, 6.07) is 26.7. The van der Waals surface area contributed by atoms with Crippen molar-refractivity contribution < 1.29 is 57.7 Å². The summed E-state index contributed by atoms with van der Waals surface area (Å²) >= 11 is 0. The Morgan fingerprint density at radius 2 is 1.04 bits per heavy atom. The van der Waals surface area contributed by atoms with E-state index >= 15 is 0 Å². The fourth-order valence-corrected chi connectivity index (χ4v) is 12.8. The van der Waals surface area contributed by atoms with Crippen LogP contribution in [0.4, 0.5) is 0 Å². The Morgan fingerprint density at radius 3 is 1.57 bits per heavy atom. The molecule has 0 unspecified atom stereocenters. The quantitative estimate of drug-likeness (QED) is 0.114. The van der Waals surface area contributed by atoms with E-state index in [1.807, 2.05) is 137 Å². The van der Waals surface area contributed by atoms with Crippen LogP contribution in [-0.2, 0) is 35.5 Å². The van der Waals surface area contributed by atoms with Crippen LogP contribution >= 0.6 is 0 Å². The number of hydrogen-bond acceptors (Lipinski definition) is 17. The number of hydrogen-bond donors (Lipinski definition) is 4. The highest BCUT2D eigenvalue weighted by Gasteiger charge is 2.58. The number of aromatic nitrogens is 6. The van der Waals surface area contributed by atoms with Gasteiger partial charge in [-0.25, -0.2) is 29.1 Å². The zero-order valence-electron chi connectivity index (χ0n) is 49.8.